The van der Waals surface area contributed by atoms with Crippen LogP contribution in [0.25, 0.3) is 0 Å². The van der Waals surface area contributed by atoms with Gasteiger partial charge in [0.2, 0.25) is 11.9 Å². The minimum Gasteiger partial charge on any atom is -0.497 e. The van der Waals surface area contributed by atoms with E-state index in [2.05, 4.69) is 32.1 Å². The van der Waals surface area contributed by atoms with Crippen molar-refractivity contribution < 1.29 is 4.74 Å². The number of hydrogen-bond donors (Lipinski definition) is 2. The van der Waals surface area contributed by atoms with Gasteiger partial charge >= 0.3 is 0 Å². The third kappa shape index (κ3) is 4.32. The summed E-state index contributed by atoms with van der Waals surface area (Å²) >= 11 is 0. The smallest absolute Gasteiger partial charge is 0.232 e. The maximum atomic E-state index is 5.85. The van der Waals surface area contributed by atoms with Crippen molar-refractivity contribution in [2.45, 2.75) is 26.3 Å². The van der Waals surface area contributed by atoms with Crippen LogP contribution in [0.15, 0.2) is 24.3 Å². The first-order valence-electron chi connectivity index (χ1n) is 8.26. The monoisotopic (exact) mass is 328 g/mol. The van der Waals surface area contributed by atoms with Crippen molar-refractivity contribution in [3.05, 3.63) is 30.1 Å². The van der Waals surface area contributed by atoms with Crippen molar-refractivity contribution in [3.63, 3.8) is 0 Å². The first-order chi connectivity index (χ1) is 11.6. The van der Waals surface area contributed by atoms with E-state index >= 15 is 0 Å². The average Bonchev–Trinajstić information content (AvgIpc) is 2.56. The van der Waals surface area contributed by atoms with Crippen molar-refractivity contribution >= 4 is 17.6 Å². The van der Waals surface area contributed by atoms with E-state index < -0.39 is 0 Å². The molecule has 24 heavy (non-hydrogen) atoms. The molecule has 1 aromatic carbocycles. The van der Waals surface area contributed by atoms with Crippen LogP contribution in [0.2, 0.25) is 0 Å². The zero-order valence-electron chi connectivity index (χ0n) is 14.2. The largest absolute Gasteiger partial charge is 0.497 e. The highest BCUT2D eigenvalue weighted by molar-refractivity contribution is 5.56. The summed E-state index contributed by atoms with van der Waals surface area (Å²) < 4.78 is 5.22. The fraction of sp³-hybridized carbons (Fsp3) is 0.471. The van der Waals surface area contributed by atoms with Crippen LogP contribution in [0.1, 0.15) is 25.6 Å². The van der Waals surface area contributed by atoms with Gasteiger partial charge in [-0.25, -0.2) is 0 Å². The molecule has 0 atom stereocenters. The summed E-state index contributed by atoms with van der Waals surface area (Å²) in [6.07, 6.45) is 2.44. The number of hydrogen-bond acceptors (Lipinski definition) is 7. The fourth-order valence-corrected chi connectivity index (χ4v) is 2.81. The van der Waals surface area contributed by atoms with Crippen LogP contribution < -0.4 is 15.8 Å². The third-order valence-corrected chi connectivity index (χ3v) is 4.27. The highest BCUT2D eigenvalue weighted by atomic mass is 16.5. The Hall–Kier alpha value is -2.41. The Bertz CT molecular complexity index is 685. The van der Waals surface area contributed by atoms with Gasteiger partial charge in [-0.15, -0.1) is 0 Å². The predicted molar refractivity (Wildman–Crippen MR) is 94.2 cm³/mol. The molecule has 7 nitrogen and oxygen atoms in total. The minimum atomic E-state index is 0.232. The average molecular weight is 328 g/mol. The molecule has 0 amide bonds. The lowest BCUT2D eigenvalue weighted by atomic mass is 9.99. The summed E-state index contributed by atoms with van der Waals surface area (Å²) in [6.45, 7) is 5.15. The van der Waals surface area contributed by atoms with Gasteiger partial charge in [0, 0.05) is 11.8 Å². The molecule has 0 radical (unpaired) electrons. The number of nitrogens with one attached hydrogen (secondary N) is 1. The molecule has 1 aliphatic heterocycles. The van der Waals surface area contributed by atoms with Gasteiger partial charge in [0.25, 0.3) is 0 Å². The topological polar surface area (TPSA) is 89.2 Å². The lowest BCUT2D eigenvalue weighted by Gasteiger charge is -2.29. The standard InChI is InChI=1S/C17H24N6O/c1-12-6-8-23(9-7-12)11-15-20-16(18)22-17(21-15)19-13-4-3-5-14(10-13)24-2/h3-5,10,12H,6-9,11H2,1-2H3,(H3,18,19,20,21,22). The molecule has 0 aliphatic carbocycles. The van der Waals surface area contributed by atoms with Gasteiger partial charge in [-0.3, -0.25) is 4.90 Å². The molecule has 0 unspecified atom stereocenters. The Balaban J connectivity index is 1.71. The normalized spacial score (nSPS) is 16.1. The van der Waals surface area contributed by atoms with E-state index in [0.29, 0.717) is 18.3 Å². The number of rotatable bonds is 5. The van der Waals surface area contributed by atoms with E-state index in [-0.39, 0.29) is 5.95 Å². The second-order valence-electron chi connectivity index (χ2n) is 6.25. The zero-order valence-corrected chi connectivity index (χ0v) is 14.2. The van der Waals surface area contributed by atoms with Crippen molar-refractivity contribution in [1.82, 2.24) is 19.9 Å². The SMILES string of the molecule is COc1cccc(Nc2nc(N)nc(CN3CCC(C)CC3)n2)c1. The second-order valence-corrected chi connectivity index (χ2v) is 6.25. The number of piperidine rings is 1. The van der Waals surface area contributed by atoms with Crippen LogP contribution in [0.3, 0.4) is 0 Å². The Morgan fingerprint density at radius 1 is 1.25 bits per heavy atom. The Kier molecular flexibility index (Phi) is 5.10. The Morgan fingerprint density at radius 3 is 2.79 bits per heavy atom. The van der Waals surface area contributed by atoms with Gasteiger partial charge in [-0.05, 0) is 44.0 Å². The van der Waals surface area contributed by atoms with Crippen LogP contribution in [-0.2, 0) is 6.54 Å². The van der Waals surface area contributed by atoms with Gasteiger partial charge in [0.15, 0.2) is 0 Å². The molecule has 3 rings (SSSR count). The number of anilines is 3. The number of methoxy groups -OCH3 is 1. The summed E-state index contributed by atoms with van der Waals surface area (Å²) in [6, 6.07) is 7.59. The van der Waals surface area contributed by atoms with Crippen LogP contribution in [-0.4, -0.2) is 40.1 Å². The maximum absolute atomic E-state index is 5.85. The van der Waals surface area contributed by atoms with Gasteiger partial charge < -0.3 is 15.8 Å². The minimum absolute atomic E-state index is 0.232. The lowest BCUT2D eigenvalue weighted by Crippen LogP contribution is -2.33. The van der Waals surface area contributed by atoms with Gasteiger partial charge in [-0.1, -0.05) is 13.0 Å². The van der Waals surface area contributed by atoms with E-state index in [4.69, 9.17) is 10.5 Å². The molecule has 128 valence electrons. The molecule has 7 heteroatoms. The molecule has 1 aliphatic rings. The molecule has 0 bridgehead atoms. The summed E-state index contributed by atoms with van der Waals surface area (Å²) in [5.74, 6) is 2.95. The van der Waals surface area contributed by atoms with Crippen molar-refractivity contribution in [2.75, 3.05) is 31.2 Å². The van der Waals surface area contributed by atoms with E-state index in [0.717, 1.165) is 30.4 Å². The summed E-state index contributed by atoms with van der Waals surface area (Å²) in [4.78, 5) is 15.3. The number of nitrogens with zero attached hydrogens (tertiary/aromatic N) is 4. The number of benzene rings is 1. The summed E-state index contributed by atoms with van der Waals surface area (Å²) in [5, 5.41) is 3.16. The van der Waals surface area contributed by atoms with Crippen molar-refractivity contribution in [2.24, 2.45) is 5.92 Å². The highest BCUT2D eigenvalue weighted by Crippen LogP contribution is 2.21. The number of nitrogen functional groups attached to an aromatic ring is 1. The van der Waals surface area contributed by atoms with Crippen LogP contribution in [0.4, 0.5) is 17.6 Å². The number of ether oxygens (including phenoxy) is 1. The van der Waals surface area contributed by atoms with Crippen LogP contribution in [0, 0.1) is 5.92 Å². The summed E-state index contributed by atoms with van der Waals surface area (Å²) in [7, 11) is 1.64. The molecule has 0 spiro atoms. The maximum Gasteiger partial charge on any atom is 0.232 e. The second kappa shape index (κ2) is 7.44. The number of likely N-dealkylation sites (tertiary alicyclic amines) is 1. The lowest BCUT2D eigenvalue weighted by molar-refractivity contribution is 0.181. The van der Waals surface area contributed by atoms with Gasteiger partial charge in [-0.2, -0.15) is 15.0 Å². The molecular formula is C17H24N6O. The summed E-state index contributed by atoms with van der Waals surface area (Å²) in [5.41, 5.74) is 6.70. The molecule has 0 saturated carbocycles. The first-order valence-corrected chi connectivity index (χ1v) is 8.26. The quantitative estimate of drug-likeness (QED) is 0.871. The van der Waals surface area contributed by atoms with E-state index in [9.17, 15) is 0 Å². The zero-order chi connectivity index (χ0) is 16.9. The van der Waals surface area contributed by atoms with E-state index in [1.54, 1.807) is 7.11 Å². The number of nitrogens with two attached hydrogens (primary N) is 1. The van der Waals surface area contributed by atoms with Crippen molar-refractivity contribution in [1.29, 1.82) is 0 Å². The van der Waals surface area contributed by atoms with Gasteiger partial charge in [0.05, 0.1) is 13.7 Å². The Labute approximate surface area is 142 Å². The number of aromatic nitrogens is 3. The van der Waals surface area contributed by atoms with E-state index in [1.807, 2.05) is 24.3 Å². The van der Waals surface area contributed by atoms with Crippen molar-refractivity contribution in [3.8, 4) is 5.75 Å². The highest BCUT2D eigenvalue weighted by Gasteiger charge is 2.17. The molecule has 2 heterocycles. The molecule has 1 aromatic heterocycles. The van der Waals surface area contributed by atoms with Crippen LogP contribution in [0.5, 0.6) is 5.75 Å². The molecule has 2 aromatic rings. The van der Waals surface area contributed by atoms with Crippen LogP contribution >= 0.6 is 0 Å². The molecular weight excluding hydrogens is 304 g/mol. The predicted octanol–water partition coefficient (Wildman–Crippen LogP) is 2.44. The fourth-order valence-electron chi connectivity index (χ4n) is 2.81. The van der Waals surface area contributed by atoms with Gasteiger partial charge in [0.1, 0.15) is 11.6 Å². The molecule has 1 fully saturated rings. The first kappa shape index (κ1) is 16.4. The molecule has 1 saturated heterocycles. The molecule has 3 N–H and O–H groups in total. The Morgan fingerprint density at radius 2 is 2.04 bits per heavy atom. The van der Waals surface area contributed by atoms with E-state index in [1.165, 1.54) is 12.8 Å². The third-order valence-electron chi connectivity index (χ3n) is 4.27.